The van der Waals surface area contributed by atoms with E-state index in [1.807, 2.05) is 21.8 Å². The fourth-order valence-corrected chi connectivity index (χ4v) is 3.75. The van der Waals surface area contributed by atoms with Crippen molar-refractivity contribution in [3.8, 4) is 0 Å². The molecule has 1 saturated heterocycles. The molecular weight excluding hydrogens is 306 g/mol. The number of likely N-dealkylation sites (tertiary alicyclic amines) is 1. The van der Waals surface area contributed by atoms with E-state index in [2.05, 4.69) is 18.2 Å². The lowest BCUT2D eigenvalue weighted by molar-refractivity contribution is 0.0686. The number of piperidine rings is 1. The fourth-order valence-electron chi connectivity index (χ4n) is 2.74. The molecule has 0 spiro atoms. The van der Waals surface area contributed by atoms with Gasteiger partial charge in [0.05, 0.1) is 15.4 Å². The molecule has 0 saturated carbocycles. The molecule has 0 aliphatic carbocycles. The van der Waals surface area contributed by atoms with Crippen LogP contribution in [0.25, 0.3) is 0 Å². The summed E-state index contributed by atoms with van der Waals surface area (Å²) in [4.78, 5) is 15.0. The van der Waals surface area contributed by atoms with E-state index in [4.69, 9.17) is 11.6 Å². The molecule has 2 aromatic rings. The second kappa shape index (κ2) is 6.20. The summed E-state index contributed by atoms with van der Waals surface area (Å²) in [6.07, 6.45) is 6.03. The first-order valence-corrected chi connectivity index (χ1v) is 8.35. The number of aromatic nitrogens is 2. The number of halogens is 1. The molecule has 0 bridgehead atoms. The summed E-state index contributed by atoms with van der Waals surface area (Å²) in [7, 11) is 0. The number of rotatable bonds is 3. The monoisotopic (exact) mass is 323 g/mol. The van der Waals surface area contributed by atoms with Crippen molar-refractivity contribution in [2.75, 3.05) is 13.1 Å². The average Bonchev–Trinajstić information content (AvgIpc) is 3.08. The van der Waals surface area contributed by atoms with Crippen LogP contribution in [0.4, 0.5) is 0 Å². The van der Waals surface area contributed by atoms with Crippen molar-refractivity contribution < 1.29 is 4.79 Å². The van der Waals surface area contributed by atoms with E-state index in [0.717, 1.165) is 37.4 Å². The van der Waals surface area contributed by atoms with Crippen LogP contribution in [0, 0.1) is 12.8 Å². The average molecular weight is 324 g/mol. The minimum absolute atomic E-state index is 0.111. The van der Waals surface area contributed by atoms with Crippen molar-refractivity contribution in [3.63, 3.8) is 0 Å². The maximum absolute atomic E-state index is 12.3. The predicted molar refractivity (Wildman–Crippen MR) is 84.9 cm³/mol. The molecule has 6 heteroatoms. The Morgan fingerprint density at radius 2 is 2.19 bits per heavy atom. The first kappa shape index (κ1) is 14.6. The van der Waals surface area contributed by atoms with Crippen LogP contribution in [0.2, 0.25) is 4.34 Å². The van der Waals surface area contributed by atoms with Crippen molar-refractivity contribution in [2.45, 2.75) is 26.3 Å². The summed E-state index contributed by atoms with van der Waals surface area (Å²) in [6, 6.07) is 3.60. The molecule has 0 radical (unpaired) electrons. The van der Waals surface area contributed by atoms with Gasteiger partial charge in [0.1, 0.15) is 0 Å². The number of amides is 1. The molecule has 1 amide bonds. The second-order valence-corrected chi connectivity index (χ2v) is 7.29. The van der Waals surface area contributed by atoms with Gasteiger partial charge in [-0.3, -0.25) is 9.48 Å². The first-order valence-electron chi connectivity index (χ1n) is 7.15. The SMILES string of the molecule is Cc1cnn(CC2CCN(C(=O)c3ccc(Cl)s3)CC2)c1. The zero-order chi connectivity index (χ0) is 14.8. The third-order valence-corrected chi connectivity index (χ3v) is 5.11. The molecular formula is C15H18ClN3OS. The predicted octanol–water partition coefficient (Wildman–Crippen LogP) is 3.46. The molecule has 0 aromatic carbocycles. The summed E-state index contributed by atoms with van der Waals surface area (Å²) in [5.41, 5.74) is 1.19. The lowest BCUT2D eigenvalue weighted by atomic mass is 9.97. The number of hydrogen-bond donors (Lipinski definition) is 0. The van der Waals surface area contributed by atoms with Gasteiger partial charge < -0.3 is 4.90 Å². The van der Waals surface area contributed by atoms with E-state index in [0.29, 0.717) is 10.3 Å². The highest BCUT2D eigenvalue weighted by atomic mass is 35.5. The Kier molecular flexibility index (Phi) is 4.31. The van der Waals surface area contributed by atoms with Crippen LogP contribution < -0.4 is 0 Å². The van der Waals surface area contributed by atoms with Crippen molar-refractivity contribution in [1.29, 1.82) is 0 Å². The molecule has 21 heavy (non-hydrogen) atoms. The standard InChI is InChI=1S/C15H18ClN3OS/c1-11-8-17-19(9-11)10-12-4-6-18(7-5-12)15(20)13-2-3-14(16)21-13/h2-3,8-9,12H,4-7,10H2,1H3. The fraction of sp³-hybridized carbons (Fsp3) is 0.467. The van der Waals surface area contributed by atoms with Crippen molar-refractivity contribution in [3.05, 3.63) is 39.3 Å². The molecule has 1 fully saturated rings. The molecule has 1 aliphatic rings. The smallest absolute Gasteiger partial charge is 0.263 e. The third-order valence-electron chi connectivity index (χ3n) is 3.89. The minimum Gasteiger partial charge on any atom is -0.338 e. The molecule has 1 aliphatic heterocycles. The number of nitrogens with zero attached hydrogens (tertiary/aromatic N) is 3. The Balaban J connectivity index is 1.54. The number of carbonyl (C=O) groups is 1. The van der Waals surface area contributed by atoms with Gasteiger partial charge in [0.15, 0.2) is 0 Å². The van der Waals surface area contributed by atoms with Crippen LogP contribution in [-0.4, -0.2) is 33.7 Å². The van der Waals surface area contributed by atoms with Gasteiger partial charge in [-0.1, -0.05) is 11.6 Å². The summed E-state index contributed by atoms with van der Waals surface area (Å²) < 4.78 is 2.68. The molecule has 3 heterocycles. The normalized spacial score (nSPS) is 16.4. The maximum Gasteiger partial charge on any atom is 0.263 e. The van der Waals surface area contributed by atoms with Gasteiger partial charge in [0.2, 0.25) is 0 Å². The van der Waals surface area contributed by atoms with Crippen LogP contribution in [0.3, 0.4) is 0 Å². The number of aryl methyl sites for hydroxylation is 1. The topological polar surface area (TPSA) is 38.1 Å². The molecule has 2 aromatic heterocycles. The Morgan fingerprint density at radius 1 is 1.43 bits per heavy atom. The molecule has 0 atom stereocenters. The van der Waals surface area contributed by atoms with Gasteiger partial charge in [-0.2, -0.15) is 5.10 Å². The van der Waals surface area contributed by atoms with Crippen LogP contribution in [-0.2, 0) is 6.54 Å². The van der Waals surface area contributed by atoms with Gasteiger partial charge in [-0.05, 0) is 43.4 Å². The van der Waals surface area contributed by atoms with Crippen LogP contribution >= 0.6 is 22.9 Å². The summed E-state index contributed by atoms with van der Waals surface area (Å²) in [5.74, 6) is 0.709. The van der Waals surface area contributed by atoms with Crippen molar-refractivity contribution in [1.82, 2.24) is 14.7 Å². The van der Waals surface area contributed by atoms with Gasteiger partial charge in [-0.25, -0.2) is 0 Å². The van der Waals surface area contributed by atoms with Gasteiger partial charge in [0.25, 0.3) is 5.91 Å². The molecule has 112 valence electrons. The molecule has 4 nitrogen and oxygen atoms in total. The van der Waals surface area contributed by atoms with Gasteiger partial charge in [0, 0.05) is 25.8 Å². The second-order valence-electron chi connectivity index (χ2n) is 5.58. The molecule has 0 unspecified atom stereocenters. The molecule has 0 N–H and O–H groups in total. The lowest BCUT2D eigenvalue weighted by Crippen LogP contribution is -2.39. The van der Waals surface area contributed by atoms with Gasteiger partial charge in [-0.15, -0.1) is 11.3 Å². The Bertz CT molecular complexity index is 628. The van der Waals surface area contributed by atoms with Gasteiger partial charge >= 0.3 is 0 Å². The Morgan fingerprint density at radius 3 is 2.76 bits per heavy atom. The Labute approximate surface area is 133 Å². The summed E-state index contributed by atoms with van der Waals surface area (Å²) >= 11 is 7.25. The van der Waals surface area contributed by atoms with Crippen molar-refractivity contribution >= 4 is 28.8 Å². The van der Waals surface area contributed by atoms with E-state index < -0.39 is 0 Å². The van der Waals surface area contributed by atoms with E-state index in [9.17, 15) is 4.79 Å². The van der Waals surface area contributed by atoms with Crippen LogP contribution in [0.1, 0.15) is 28.1 Å². The largest absolute Gasteiger partial charge is 0.338 e. The van der Waals surface area contributed by atoms with Crippen LogP contribution in [0.15, 0.2) is 24.5 Å². The maximum atomic E-state index is 12.3. The lowest BCUT2D eigenvalue weighted by Gasteiger charge is -2.31. The first-order chi connectivity index (χ1) is 10.1. The van der Waals surface area contributed by atoms with E-state index in [-0.39, 0.29) is 5.91 Å². The third kappa shape index (κ3) is 3.47. The highest BCUT2D eigenvalue weighted by Gasteiger charge is 2.24. The van der Waals surface area contributed by atoms with E-state index in [1.54, 1.807) is 6.07 Å². The number of hydrogen-bond acceptors (Lipinski definition) is 3. The highest BCUT2D eigenvalue weighted by Crippen LogP contribution is 2.25. The van der Waals surface area contributed by atoms with Crippen molar-refractivity contribution in [2.24, 2.45) is 5.92 Å². The zero-order valence-electron chi connectivity index (χ0n) is 12.0. The number of carbonyl (C=O) groups excluding carboxylic acids is 1. The molecule has 3 rings (SSSR count). The Hall–Kier alpha value is -1.33. The minimum atomic E-state index is 0.111. The zero-order valence-corrected chi connectivity index (χ0v) is 13.5. The van der Waals surface area contributed by atoms with Crippen LogP contribution in [0.5, 0.6) is 0 Å². The number of thiophene rings is 1. The van der Waals surface area contributed by atoms with E-state index >= 15 is 0 Å². The highest BCUT2D eigenvalue weighted by molar-refractivity contribution is 7.17. The summed E-state index contributed by atoms with van der Waals surface area (Å²) in [5, 5.41) is 4.34. The van der Waals surface area contributed by atoms with E-state index in [1.165, 1.54) is 16.9 Å². The quantitative estimate of drug-likeness (QED) is 0.867. The summed E-state index contributed by atoms with van der Waals surface area (Å²) in [6.45, 7) is 4.64.